The van der Waals surface area contributed by atoms with Crippen LogP contribution in [-0.2, 0) is 13.6 Å². The van der Waals surface area contributed by atoms with E-state index in [0.717, 1.165) is 42.2 Å². The molecule has 6 heteroatoms. The minimum Gasteiger partial charge on any atom is -0.357 e. The topological polar surface area (TPSA) is 54.2 Å². The van der Waals surface area contributed by atoms with Gasteiger partial charge >= 0.3 is 0 Å². The van der Waals surface area contributed by atoms with Gasteiger partial charge in [-0.3, -0.25) is 0 Å². The van der Waals surface area contributed by atoms with Crippen LogP contribution >= 0.6 is 24.0 Å². The molecule has 3 rings (SSSR count). The van der Waals surface area contributed by atoms with Crippen LogP contribution in [0.15, 0.2) is 41.4 Å². The fourth-order valence-corrected chi connectivity index (χ4v) is 2.74. The summed E-state index contributed by atoms with van der Waals surface area (Å²) in [5.74, 6) is 1.84. The predicted octanol–water partition coefficient (Wildman–Crippen LogP) is 2.97. The molecule has 1 aromatic heterocycles. The summed E-state index contributed by atoms with van der Waals surface area (Å²) >= 11 is 0. The molecule has 0 atom stereocenters. The lowest BCUT2D eigenvalue weighted by molar-refractivity contribution is 0.632. The van der Waals surface area contributed by atoms with E-state index in [2.05, 4.69) is 50.3 Å². The Morgan fingerprint density at radius 3 is 2.74 bits per heavy atom. The van der Waals surface area contributed by atoms with E-state index in [1.165, 1.54) is 0 Å². The molecular weight excluding hydrogens is 401 g/mol. The van der Waals surface area contributed by atoms with Crippen molar-refractivity contribution in [2.45, 2.75) is 32.4 Å². The van der Waals surface area contributed by atoms with Crippen LogP contribution < -0.4 is 10.6 Å². The number of nitrogens with one attached hydrogen (secondary N) is 2. The summed E-state index contributed by atoms with van der Waals surface area (Å²) < 4.78 is 2.11. The molecule has 0 spiro atoms. The van der Waals surface area contributed by atoms with Crippen molar-refractivity contribution in [3.8, 4) is 0 Å². The van der Waals surface area contributed by atoms with Crippen LogP contribution in [0.5, 0.6) is 0 Å². The van der Waals surface area contributed by atoms with Gasteiger partial charge in [0.2, 0.25) is 0 Å². The van der Waals surface area contributed by atoms with Gasteiger partial charge in [0.1, 0.15) is 12.4 Å². The molecule has 0 radical (unpaired) electrons. The van der Waals surface area contributed by atoms with Crippen molar-refractivity contribution in [2.75, 3.05) is 6.54 Å². The smallest absolute Gasteiger partial charge is 0.191 e. The number of halogens is 1. The largest absolute Gasteiger partial charge is 0.357 e. The molecule has 0 bridgehead atoms. The molecular formula is C17H24IN5. The summed E-state index contributed by atoms with van der Waals surface area (Å²) in [7, 11) is 2.04. The molecule has 0 saturated heterocycles. The van der Waals surface area contributed by atoms with E-state index in [1.807, 2.05) is 25.2 Å². The standard InChI is InChI=1S/C17H23N5.HI/c1-3-18-17(20-13-8-4-5-9-13)19-12-16-21-14-10-6-7-11-15(14)22(16)2;/h4-7,10-11,13H,3,8-9,12H2,1-2H3,(H2,18,19,20);1H. The second-order valence-corrected chi connectivity index (χ2v) is 5.55. The highest BCUT2D eigenvalue weighted by molar-refractivity contribution is 14.0. The average Bonchev–Trinajstić information content (AvgIpc) is 3.14. The molecule has 1 aliphatic rings. The lowest BCUT2D eigenvalue weighted by Gasteiger charge is -2.16. The van der Waals surface area contributed by atoms with Crippen molar-refractivity contribution in [3.63, 3.8) is 0 Å². The van der Waals surface area contributed by atoms with Gasteiger partial charge in [0, 0.05) is 19.6 Å². The Kier molecular flexibility index (Phi) is 6.44. The first kappa shape index (κ1) is 17.8. The average molecular weight is 425 g/mol. The first-order chi connectivity index (χ1) is 10.8. The number of imidazole rings is 1. The lowest BCUT2D eigenvalue weighted by atomic mass is 10.2. The number of para-hydroxylation sites is 2. The monoisotopic (exact) mass is 425 g/mol. The number of hydrogen-bond donors (Lipinski definition) is 2. The van der Waals surface area contributed by atoms with Gasteiger partial charge in [0.25, 0.3) is 0 Å². The summed E-state index contributed by atoms with van der Waals surface area (Å²) in [6.07, 6.45) is 6.56. The number of nitrogens with zero attached hydrogens (tertiary/aromatic N) is 3. The first-order valence-corrected chi connectivity index (χ1v) is 7.88. The highest BCUT2D eigenvalue weighted by atomic mass is 127. The molecule has 1 heterocycles. The molecule has 23 heavy (non-hydrogen) atoms. The number of fused-ring (bicyclic) bond motifs is 1. The molecule has 1 aromatic carbocycles. The number of aryl methyl sites for hydroxylation is 1. The van der Waals surface area contributed by atoms with Crippen molar-refractivity contribution in [3.05, 3.63) is 42.2 Å². The van der Waals surface area contributed by atoms with Gasteiger partial charge in [-0.25, -0.2) is 9.98 Å². The molecule has 0 unspecified atom stereocenters. The quantitative estimate of drug-likeness (QED) is 0.343. The molecule has 2 aromatic rings. The van der Waals surface area contributed by atoms with Crippen LogP contribution in [0.3, 0.4) is 0 Å². The van der Waals surface area contributed by atoms with E-state index in [9.17, 15) is 0 Å². The van der Waals surface area contributed by atoms with E-state index >= 15 is 0 Å². The maximum atomic E-state index is 4.69. The van der Waals surface area contributed by atoms with Crippen molar-refractivity contribution >= 4 is 41.0 Å². The van der Waals surface area contributed by atoms with Gasteiger partial charge < -0.3 is 15.2 Å². The summed E-state index contributed by atoms with van der Waals surface area (Å²) in [6, 6.07) is 8.63. The van der Waals surface area contributed by atoms with Crippen LogP contribution in [-0.4, -0.2) is 28.1 Å². The zero-order chi connectivity index (χ0) is 15.4. The van der Waals surface area contributed by atoms with Gasteiger partial charge in [-0.2, -0.15) is 0 Å². The maximum Gasteiger partial charge on any atom is 0.191 e. The van der Waals surface area contributed by atoms with Crippen molar-refractivity contribution in [2.24, 2.45) is 12.0 Å². The maximum absolute atomic E-state index is 4.69. The predicted molar refractivity (Wildman–Crippen MR) is 106 cm³/mol. The minimum absolute atomic E-state index is 0. The molecule has 124 valence electrons. The molecule has 0 saturated carbocycles. The van der Waals surface area contributed by atoms with Crippen LogP contribution in [0.1, 0.15) is 25.6 Å². The van der Waals surface area contributed by atoms with E-state index < -0.39 is 0 Å². The van der Waals surface area contributed by atoms with E-state index in [1.54, 1.807) is 0 Å². The van der Waals surface area contributed by atoms with Gasteiger partial charge in [0.15, 0.2) is 5.96 Å². The summed E-state index contributed by atoms with van der Waals surface area (Å²) in [5, 5.41) is 6.79. The fraction of sp³-hybridized carbons (Fsp3) is 0.412. The number of hydrogen-bond acceptors (Lipinski definition) is 2. The van der Waals surface area contributed by atoms with Crippen molar-refractivity contribution in [1.29, 1.82) is 0 Å². The highest BCUT2D eigenvalue weighted by Crippen LogP contribution is 2.14. The molecule has 0 fully saturated rings. The van der Waals surface area contributed by atoms with E-state index in [-0.39, 0.29) is 24.0 Å². The molecule has 0 aliphatic heterocycles. The number of benzene rings is 1. The summed E-state index contributed by atoms with van der Waals surface area (Å²) in [6.45, 7) is 3.51. The van der Waals surface area contributed by atoms with Crippen LogP contribution in [0.4, 0.5) is 0 Å². The molecule has 0 amide bonds. The van der Waals surface area contributed by atoms with Crippen LogP contribution in [0, 0.1) is 0 Å². The third kappa shape index (κ3) is 4.25. The first-order valence-electron chi connectivity index (χ1n) is 7.88. The second-order valence-electron chi connectivity index (χ2n) is 5.55. The Balaban J connectivity index is 0.00000192. The van der Waals surface area contributed by atoms with E-state index in [0.29, 0.717) is 12.6 Å². The zero-order valence-electron chi connectivity index (χ0n) is 13.6. The Labute approximate surface area is 154 Å². The fourth-order valence-electron chi connectivity index (χ4n) is 2.74. The molecule has 1 aliphatic carbocycles. The highest BCUT2D eigenvalue weighted by Gasteiger charge is 2.12. The zero-order valence-corrected chi connectivity index (χ0v) is 16.0. The second kappa shape index (κ2) is 8.33. The van der Waals surface area contributed by atoms with Gasteiger partial charge in [-0.1, -0.05) is 24.3 Å². The number of aliphatic imine (C=N–C) groups is 1. The van der Waals surface area contributed by atoms with Crippen molar-refractivity contribution in [1.82, 2.24) is 20.2 Å². The number of rotatable bonds is 4. The van der Waals surface area contributed by atoms with Crippen LogP contribution in [0.2, 0.25) is 0 Å². The molecule has 5 nitrogen and oxygen atoms in total. The summed E-state index contributed by atoms with van der Waals surface area (Å²) in [5.41, 5.74) is 2.17. The Morgan fingerprint density at radius 1 is 1.30 bits per heavy atom. The van der Waals surface area contributed by atoms with Gasteiger partial charge in [-0.05, 0) is 31.9 Å². The van der Waals surface area contributed by atoms with E-state index in [4.69, 9.17) is 0 Å². The van der Waals surface area contributed by atoms with Gasteiger partial charge in [-0.15, -0.1) is 24.0 Å². The SMILES string of the molecule is CCNC(=NCc1nc2ccccc2n1C)NC1CC=CC1.I. The van der Waals surface area contributed by atoms with Gasteiger partial charge in [0.05, 0.1) is 11.0 Å². The Morgan fingerprint density at radius 2 is 2.04 bits per heavy atom. The third-order valence-electron chi connectivity index (χ3n) is 3.95. The number of guanidine groups is 1. The molecule has 2 N–H and O–H groups in total. The number of aromatic nitrogens is 2. The summed E-state index contributed by atoms with van der Waals surface area (Å²) in [4.78, 5) is 9.35. The normalized spacial score (nSPS) is 15.0. The van der Waals surface area contributed by atoms with Crippen LogP contribution in [0.25, 0.3) is 11.0 Å². The van der Waals surface area contributed by atoms with Crippen molar-refractivity contribution < 1.29 is 0 Å². The Bertz CT molecular complexity index is 696. The lowest BCUT2D eigenvalue weighted by Crippen LogP contribution is -2.42. The third-order valence-corrected chi connectivity index (χ3v) is 3.95. The Hall–Kier alpha value is -1.57. The minimum atomic E-state index is 0.